The fraction of sp³-hybridized carbons (Fsp3) is 0.235. The van der Waals surface area contributed by atoms with E-state index in [9.17, 15) is 9.36 Å². The molecule has 22 heavy (non-hydrogen) atoms. The molecule has 0 aromatic heterocycles. The van der Waals surface area contributed by atoms with E-state index in [0.29, 0.717) is 17.5 Å². The van der Waals surface area contributed by atoms with Gasteiger partial charge in [-0.05, 0) is 17.2 Å². The van der Waals surface area contributed by atoms with Gasteiger partial charge in [0.2, 0.25) is 5.91 Å². The summed E-state index contributed by atoms with van der Waals surface area (Å²) in [6.45, 7) is 3.13. The minimum Gasteiger partial charge on any atom is -0.366 e. The van der Waals surface area contributed by atoms with Gasteiger partial charge in [-0.3, -0.25) is 9.36 Å². The standard InChI is InChI=1S/C17H20NO3P/c1-22(2,20)21-16(12-13-8-4-3-5-9-13)14-10-6-7-11-15(14)17(18)19/h3-11,16H,12H2,1-2H3,(H2,18,19). The summed E-state index contributed by atoms with van der Waals surface area (Å²) in [4.78, 5) is 11.6. The van der Waals surface area contributed by atoms with Crippen molar-refractivity contribution >= 4 is 13.3 Å². The van der Waals surface area contributed by atoms with Gasteiger partial charge in [-0.2, -0.15) is 0 Å². The Bertz CT molecular complexity index is 694. The van der Waals surface area contributed by atoms with Crippen LogP contribution in [0.25, 0.3) is 0 Å². The summed E-state index contributed by atoms with van der Waals surface area (Å²) in [5, 5.41) is 0. The summed E-state index contributed by atoms with van der Waals surface area (Å²) in [6, 6.07) is 16.8. The fourth-order valence-electron chi connectivity index (χ4n) is 2.34. The van der Waals surface area contributed by atoms with E-state index >= 15 is 0 Å². The molecule has 116 valence electrons. The summed E-state index contributed by atoms with van der Waals surface area (Å²) >= 11 is 0. The Hall–Kier alpha value is -1.90. The van der Waals surface area contributed by atoms with Gasteiger partial charge in [0.15, 0.2) is 7.37 Å². The molecule has 1 atom stereocenters. The van der Waals surface area contributed by atoms with Crippen LogP contribution in [0.2, 0.25) is 0 Å². The summed E-state index contributed by atoms with van der Waals surface area (Å²) in [6.07, 6.45) is 0.0449. The predicted molar refractivity (Wildman–Crippen MR) is 88.4 cm³/mol. The van der Waals surface area contributed by atoms with Crippen molar-refractivity contribution in [1.82, 2.24) is 0 Å². The molecule has 2 aromatic rings. The van der Waals surface area contributed by atoms with E-state index in [1.165, 1.54) is 0 Å². The smallest absolute Gasteiger partial charge is 0.249 e. The van der Waals surface area contributed by atoms with Gasteiger partial charge in [-0.25, -0.2) is 0 Å². The Labute approximate surface area is 130 Å². The molecule has 0 heterocycles. The molecule has 0 aliphatic carbocycles. The van der Waals surface area contributed by atoms with Gasteiger partial charge in [0.1, 0.15) is 0 Å². The van der Waals surface area contributed by atoms with Crippen molar-refractivity contribution in [1.29, 1.82) is 0 Å². The highest BCUT2D eigenvalue weighted by atomic mass is 31.2. The first-order chi connectivity index (χ1) is 10.4. The number of rotatable bonds is 6. The number of carbonyl (C=O) groups excluding carboxylic acids is 1. The molecular formula is C17H20NO3P. The molecule has 2 aromatic carbocycles. The lowest BCUT2D eigenvalue weighted by molar-refractivity contribution is 0.0994. The molecule has 0 aliphatic rings. The van der Waals surface area contributed by atoms with Crippen molar-refractivity contribution in [2.24, 2.45) is 5.73 Å². The molecule has 0 aliphatic heterocycles. The van der Waals surface area contributed by atoms with Gasteiger partial charge in [0.05, 0.1) is 6.10 Å². The van der Waals surface area contributed by atoms with Crippen LogP contribution in [0.1, 0.15) is 27.6 Å². The molecule has 1 unspecified atom stereocenters. The van der Waals surface area contributed by atoms with Crippen molar-refractivity contribution in [3.05, 3.63) is 71.3 Å². The highest BCUT2D eigenvalue weighted by Gasteiger charge is 2.23. The van der Waals surface area contributed by atoms with E-state index < -0.39 is 19.4 Å². The number of benzene rings is 2. The van der Waals surface area contributed by atoms with E-state index in [2.05, 4.69) is 0 Å². The molecule has 5 heteroatoms. The predicted octanol–water partition coefficient (Wildman–Crippen LogP) is 3.62. The van der Waals surface area contributed by atoms with Gasteiger partial charge in [0, 0.05) is 25.3 Å². The zero-order valence-electron chi connectivity index (χ0n) is 12.7. The highest BCUT2D eigenvalue weighted by Crippen LogP contribution is 2.45. The summed E-state index contributed by atoms with van der Waals surface area (Å²) in [5.41, 5.74) is 7.56. The first kappa shape index (κ1) is 16.5. The Balaban J connectivity index is 2.40. The molecule has 1 amide bonds. The quantitative estimate of drug-likeness (QED) is 0.827. The van der Waals surface area contributed by atoms with Crippen molar-refractivity contribution in [2.45, 2.75) is 12.5 Å². The Morgan fingerprint density at radius 1 is 1.09 bits per heavy atom. The summed E-state index contributed by atoms with van der Waals surface area (Å²) in [5.74, 6) is -0.515. The molecule has 4 nitrogen and oxygen atoms in total. The van der Waals surface area contributed by atoms with Gasteiger partial charge < -0.3 is 10.3 Å². The second kappa shape index (κ2) is 6.91. The van der Waals surface area contributed by atoms with Crippen molar-refractivity contribution < 1.29 is 13.9 Å². The largest absolute Gasteiger partial charge is 0.366 e. The third-order valence-electron chi connectivity index (χ3n) is 3.22. The van der Waals surface area contributed by atoms with Gasteiger partial charge in [-0.15, -0.1) is 0 Å². The highest BCUT2D eigenvalue weighted by molar-refractivity contribution is 7.57. The maximum Gasteiger partial charge on any atom is 0.249 e. The maximum atomic E-state index is 12.1. The first-order valence-corrected chi connectivity index (χ1v) is 9.55. The molecule has 2 N–H and O–H groups in total. The number of carbonyl (C=O) groups is 1. The van der Waals surface area contributed by atoms with E-state index in [-0.39, 0.29) is 0 Å². The third-order valence-corrected chi connectivity index (χ3v) is 3.98. The van der Waals surface area contributed by atoms with Crippen LogP contribution in [0.4, 0.5) is 0 Å². The second-order valence-electron chi connectivity index (χ2n) is 5.49. The van der Waals surface area contributed by atoms with E-state index in [1.807, 2.05) is 36.4 Å². The van der Waals surface area contributed by atoms with Crippen LogP contribution in [0.15, 0.2) is 54.6 Å². The molecule has 0 radical (unpaired) electrons. The second-order valence-corrected chi connectivity index (χ2v) is 8.20. The monoisotopic (exact) mass is 317 g/mol. The Morgan fingerprint density at radius 3 is 2.27 bits per heavy atom. The van der Waals surface area contributed by atoms with E-state index in [1.54, 1.807) is 31.5 Å². The number of amides is 1. The first-order valence-electron chi connectivity index (χ1n) is 7.03. The summed E-state index contributed by atoms with van der Waals surface area (Å²) < 4.78 is 17.9. The van der Waals surface area contributed by atoms with Gasteiger partial charge >= 0.3 is 0 Å². The number of nitrogens with two attached hydrogens (primary N) is 1. The molecule has 0 fully saturated rings. The molecule has 0 spiro atoms. The zero-order valence-corrected chi connectivity index (χ0v) is 13.6. The van der Waals surface area contributed by atoms with Crippen molar-refractivity contribution in [3.63, 3.8) is 0 Å². The average molecular weight is 317 g/mol. The maximum absolute atomic E-state index is 12.1. The van der Waals surface area contributed by atoms with Crippen LogP contribution in [0.3, 0.4) is 0 Å². The van der Waals surface area contributed by atoms with Crippen molar-refractivity contribution in [2.75, 3.05) is 13.3 Å². The number of hydrogen-bond donors (Lipinski definition) is 1. The molecule has 0 bridgehead atoms. The third kappa shape index (κ3) is 4.55. The van der Waals surface area contributed by atoms with Gasteiger partial charge in [0.25, 0.3) is 0 Å². The lowest BCUT2D eigenvalue weighted by Crippen LogP contribution is -2.17. The summed E-state index contributed by atoms with van der Waals surface area (Å²) in [7, 11) is -2.73. The molecule has 2 rings (SSSR count). The van der Waals surface area contributed by atoms with Crippen LogP contribution < -0.4 is 5.73 Å². The lowest BCUT2D eigenvalue weighted by Gasteiger charge is -2.22. The lowest BCUT2D eigenvalue weighted by atomic mass is 9.97. The Morgan fingerprint density at radius 2 is 1.68 bits per heavy atom. The van der Waals surface area contributed by atoms with Crippen LogP contribution in [0.5, 0.6) is 0 Å². The minimum absolute atomic E-state index is 0.400. The van der Waals surface area contributed by atoms with Crippen LogP contribution in [-0.4, -0.2) is 19.2 Å². The average Bonchev–Trinajstić information content (AvgIpc) is 2.46. The zero-order chi connectivity index (χ0) is 16.2. The van der Waals surface area contributed by atoms with E-state index in [4.69, 9.17) is 10.3 Å². The molecule has 0 saturated heterocycles. The topological polar surface area (TPSA) is 69.4 Å². The molecule has 0 saturated carbocycles. The van der Waals surface area contributed by atoms with Crippen LogP contribution >= 0.6 is 7.37 Å². The minimum atomic E-state index is -2.73. The molecular weight excluding hydrogens is 297 g/mol. The Kier molecular flexibility index (Phi) is 5.17. The van der Waals surface area contributed by atoms with Crippen molar-refractivity contribution in [3.8, 4) is 0 Å². The van der Waals surface area contributed by atoms with Crippen LogP contribution in [-0.2, 0) is 15.5 Å². The number of hydrogen-bond acceptors (Lipinski definition) is 3. The normalized spacial score (nSPS) is 12.8. The van der Waals surface area contributed by atoms with E-state index in [0.717, 1.165) is 5.56 Å². The fourth-order valence-corrected chi connectivity index (χ4v) is 3.14. The number of primary amides is 1. The van der Waals surface area contributed by atoms with Gasteiger partial charge in [-0.1, -0.05) is 48.5 Å². The SMILES string of the molecule is CP(C)(=O)OC(Cc1ccccc1)c1ccccc1C(N)=O. The van der Waals surface area contributed by atoms with Crippen LogP contribution in [0, 0.1) is 0 Å².